The molecular weight excluding hydrogens is 322 g/mol. The zero-order valence-electron chi connectivity index (χ0n) is 15.0. The molecule has 6 nitrogen and oxygen atoms in total. The van der Waals surface area contributed by atoms with E-state index in [0.717, 1.165) is 5.56 Å². The highest BCUT2D eigenvalue weighted by Crippen LogP contribution is 2.54. The van der Waals surface area contributed by atoms with Crippen molar-refractivity contribution in [3.8, 4) is 23.3 Å². The Morgan fingerprint density at radius 3 is 2.40 bits per heavy atom. The highest BCUT2D eigenvalue weighted by atomic mass is 16.7. The van der Waals surface area contributed by atoms with Gasteiger partial charge in [0, 0.05) is 19.4 Å². The highest BCUT2D eigenvalue weighted by molar-refractivity contribution is 5.72. The largest absolute Gasteiger partial charge is 0.493 e. The van der Waals surface area contributed by atoms with E-state index in [1.54, 1.807) is 7.11 Å². The first-order chi connectivity index (χ1) is 11.9. The Kier molecular flexibility index (Phi) is 4.28. The number of fused-ring (bicyclic) bond motifs is 1. The van der Waals surface area contributed by atoms with E-state index in [2.05, 4.69) is 6.07 Å². The number of benzene rings is 1. The van der Waals surface area contributed by atoms with Crippen LogP contribution < -0.4 is 14.2 Å². The fourth-order valence-corrected chi connectivity index (χ4v) is 3.75. The molecule has 1 heterocycles. The van der Waals surface area contributed by atoms with E-state index >= 15 is 0 Å². The van der Waals surface area contributed by atoms with E-state index in [0.29, 0.717) is 42.9 Å². The maximum Gasteiger partial charge on any atom is 0.308 e. The molecule has 0 amide bonds. The van der Waals surface area contributed by atoms with Crippen molar-refractivity contribution in [2.24, 2.45) is 5.92 Å². The lowest BCUT2D eigenvalue weighted by atomic mass is 9.67. The fraction of sp³-hybridized carbons (Fsp3) is 0.579. The molecule has 0 N–H and O–H groups in total. The van der Waals surface area contributed by atoms with Crippen molar-refractivity contribution in [1.82, 2.24) is 0 Å². The van der Waals surface area contributed by atoms with Crippen LogP contribution in [0.1, 0.15) is 45.1 Å². The van der Waals surface area contributed by atoms with Gasteiger partial charge in [0.15, 0.2) is 11.5 Å². The zero-order valence-corrected chi connectivity index (χ0v) is 15.0. The molecule has 1 aromatic carbocycles. The lowest BCUT2D eigenvalue weighted by Gasteiger charge is -2.34. The third-order valence-corrected chi connectivity index (χ3v) is 5.09. The number of esters is 1. The van der Waals surface area contributed by atoms with Crippen LogP contribution >= 0.6 is 0 Å². The molecule has 6 heteroatoms. The van der Waals surface area contributed by atoms with Gasteiger partial charge in [-0.15, -0.1) is 0 Å². The Morgan fingerprint density at radius 1 is 1.20 bits per heavy atom. The van der Waals surface area contributed by atoms with E-state index in [9.17, 15) is 10.1 Å². The summed E-state index contributed by atoms with van der Waals surface area (Å²) in [5, 5.41) is 9.97. The van der Waals surface area contributed by atoms with Crippen LogP contribution in [0.4, 0.5) is 0 Å². The van der Waals surface area contributed by atoms with Crippen LogP contribution in [0.25, 0.3) is 0 Å². The van der Waals surface area contributed by atoms with E-state index in [1.165, 1.54) is 7.11 Å². The molecule has 1 aliphatic carbocycles. The van der Waals surface area contributed by atoms with Crippen molar-refractivity contribution >= 4 is 5.97 Å². The van der Waals surface area contributed by atoms with Gasteiger partial charge in [0.05, 0.1) is 31.6 Å². The lowest BCUT2D eigenvalue weighted by molar-refractivity contribution is -0.146. The number of hydrogen-bond acceptors (Lipinski definition) is 6. The highest BCUT2D eigenvalue weighted by Gasteiger charge is 2.45. The van der Waals surface area contributed by atoms with Crippen molar-refractivity contribution in [1.29, 1.82) is 5.26 Å². The van der Waals surface area contributed by atoms with Crippen LogP contribution in [-0.4, -0.2) is 26.0 Å². The number of hydrogen-bond donors (Lipinski definition) is 0. The Balaban J connectivity index is 1.98. The Morgan fingerprint density at radius 2 is 1.84 bits per heavy atom. The predicted octanol–water partition coefficient (Wildman–Crippen LogP) is 3.33. The maximum atomic E-state index is 11.8. The van der Waals surface area contributed by atoms with Gasteiger partial charge in [0.25, 0.3) is 0 Å². The summed E-state index contributed by atoms with van der Waals surface area (Å²) in [5.74, 6) is 0.530. The van der Waals surface area contributed by atoms with Crippen molar-refractivity contribution in [3.05, 3.63) is 17.7 Å². The molecule has 0 spiro atoms. The van der Waals surface area contributed by atoms with Crippen molar-refractivity contribution in [3.63, 3.8) is 0 Å². The minimum Gasteiger partial charge on any atom is -0.493 e. The summed E-state index contributed by atoms with van der Waals surface area (Å²) < 4.78 is 22.1. The fourth-order valence-electron chi connectivity index (χ4n) is 3.75. The standard InChI is InChI=1S/C19H23NO5/c1-18(2)24-15-13(5-6-14(22-3)16(15)25-18)19(11-20)9-7-12(8-10-19)17(21)23-4/h5-6,12H,7-10H2,1-4H3/t12-,19-. The summed E-state index contributed by atoms with van der Waals surface area (Å²) >= 11 is 0. The molecule has 1 aromatic rings. The van der Waals surface area contributed by atoms with Crippen LogP contribution in [0.15, 0.2) is 12.1 Å². The summed E-state index contributed by atoms with van der Waals surface area (Å²) in [6.07, 6.45) is 2.38. The van der Waals surface area contributed by atoms with Gasteiger partial charge in [0.1, 0.15) is 0 Å². The number of carbonyl (C=O) groups is 1. The molecule has 0 unspecified atom stereocenters. The monoisotopic (exact) mass is 345 g/mol. The Bertz CT molecular complexity index is 726. The summed E-state index contributed by atoms with van der Waals surface area (Å²) in [6.45, 7) is 3.65. The van der Waals surface area contributed by atoms with Gasteiger partial charge < -0.3 is 18.9 Å². The number of methoxy groups -OCH3 is 2. The minimum atomic E-state index is -0.814. The van der Waals surface area contributed by atoms with Crippen LogP contribution in [0.2, 0.25) is 0 Å². The molecule has 2 aliphatic rings. The Labute approximate surface area is 147 Å². The van der Waals surface area contributed by atoms with E-state index in [-0.39, 0.29) is 11.9 Å². The second-order valence-electron chi connectivity index (χ2n) is 7.07. The lowest BCUT2D eigenvalue weighted by Crippen LogP contribution is -2.34. The number of rotatable bonds is 3. The molecule has 1 saturated carbocycles. The van der Waals surface area contributed by atoms with E-state index in [1.807, 2.05) is 26.0 Å². The summed E-state index contributed by atoms with van der Waals surface area (Å²) in [4.78, 5) is 11.8. The van der Waals surface area contributed by atoms with Crippen LogP contribution in [0.5, 0.6) is 17.2 Å². The third kappa shape index (κ3) is 2.88. The van der Waals surface area contributed by atoms with Gasteiger partial charge in [-0.2, -0.15) is 5.26 Å². The van der Waals surface area contributed by atoms with Crippen LogP contribution in [-0.2, 0) is 14.9 Å². The summed E-state index contributed by atoms with van der Waals surface area (Å²) in [5.41, 5.74) is 0.102. The van der Waals surface area contributed by atoms with Crippen LogP contribution in [0.3, 0.4) is 0 Å². The quantitative estimate of drug-likeness (QED) is 0.782. The van der Waals surface area contributed by atoms with Crippen LogP contribution in [0, 0.1) is 17.2 Å². The molecule has 1 fully saturated rings. The SMILES string of the molecule is COc1ccc([C@]2(C#N)CC[C@@H](C(=O)OC)CC2)c2c1OC(C)(C)O2. The first kappa shape index (κ1) is 17.4. The summed E-state index contributed by atoms with van der Waals surface area (Å²) in [7, 11) is 2.98. The molecule has 0 bridgehead atoms. The van der Waals surface area contributed by atoms with Gasteiger partial charge in [-0.25, -0.2) is 0 Å². The summed E-state index contributed by atoms with van der Waals surface area (Å²) in [6, 6.07) is 6.17. The number of nitriles is 1. The van der Waals surface area contributed by atoms with Gasteiger partial charge in [-0.1, -0.05) is 0 Å². The van der Waals surface area contributed by atoms with Gasteiger partial charge in [0.2, 0.25) is 11.5 Å². The molecule has 0 radical (unpaired) electrons. The van der Waals surface area contributed by atoms with Crippen molar-refractivity contribution in [2.75, 3.05) is 14.2 Å². The molecular formula is C19H23NO5. The molecule has 134 valence electrons. The molecule has 1 aliphatic heterocycles. The van der Waals surface area contributed by atoms with E-state index in [4.69, 9.17) is 18.9 Å². The van der Waals surface area contributed by atoms with Crippen molar-refractivity contribution < 1.29 is 23.7 Å². The second kappa shape index (κ2) is 6.14. The smallest absolute Gasteiger partial charge is 0.308 e. The first-order valence-electron chi connectivity index (χ1n) is 8.44. The average Bonchev–Trinajstić information content (AvgIpc) is 2.95. The molecule has 0 saturated heterocycles. The van der Waals surface area contributed by atoms with Gasteiger partial charge >= 0.3 is 5.97 Å². The topological polar surface area (TPSA) is 77.8 Å². The molecule has 0 atom stereocenters. The molecule has 25 heavy (non-hydrogen) atoms. The number of ether oxygens (including phenoxy) is 4. The Hall–Kier alpha value is -2.42. The van der Waals surface area contributed by atoms with Crippen molar-refractivity contribution in [2.45, 2.75) is 50.7 Å². The molecule has 0 aromatic heterocycles. The molecule has 3 rings (SSSR count). The van der Waals surface area contributed by atoms with E-state index < -0.39 is 11.2 Å². The first-order valence-corrected chi connectivity index (χ1v) is 8.44. The number of nitrogens with zero attached hydrogens (tertiary/aromatic N) is 1. The van der Waals surface area contributed by atoms with Gasteiger partial charge in [-0.3, -0.25) is 4.79 Å². The zero-order chi connectivity index (χ0) is 18.2. The second-order valence-corrected chi connectivity index (χ2v) is 7.07. The third-order valence-electron chi connectivity index (χ3n) is 5.09. The maximum absolute atomic E-state index is 11.8. The average molecular weight is 345 g/mol. The predicted molar refractivity (Wildman–Crippen MR) is 89.6 cm³/mol. The normalized spacial score (nSPS) is 26.6. The number of carbonyl (C=O) groups excluding carboxylic acids is 1. The van der Waals surface area contributed by atoms with Gasteiger partial charge in [-0.05, 0) is 37.8 Å². The minimum absolute atomic E-state index is 0.147.